The molecule has 2 aromatic rings. The number of hydrogen-bond acceptors (Lipinski definition) is 7. The van der Waals surface area contributed by atoms with E-state index in [2.05, 4.69) is 11.9 Å². The quantitative estimate of drug-likeness (QED) is 0.0264. The Morgan fingerprint density at radius 1 is 0.672 bits per heavy atom. The van der Waals surface area contributed by atoms with Crippen molar-refractivity contribution >= 4 is 26.1 Å². The average molecular weight is 1020 g/mol. The molecule has 0 spiro atoms. The molecule has 1 N–H and O–H groups in total. The molecule has 0 radical (unpaired) electrons. The summed E-state index contributed by atoms with van der Waals surface area (Å²) in [5, 5.41) is 2.54. The van der Waals surface area contributed by atoms with Gasteiger partial charge in [-0.2, -0.15) is 74.6 Å². The number of benzene rings is 2. The smallest absolute Gasteiger partial charge is 0.460 e. The minimum absolute atomic E-state index is 0.0813. The van der Waals surface area contributed by atoms with Gasteiger partial charge in [-0.05, 0) is 59.1 Å². The lowest BCUT2D eigenvalue weighted by molar-refractivity contribution is -0.461. The van der Waals surface area contributed by atoms with E-state index < -0.39 is 117 Å². The summed E-state index contributed by atoms with van der Waals surface area (Å²) in [5.74, 6) is -57.7. The van der Waals surface area contributed by atoms with Gasteiger partial charge in [-0.25, -0.2) is 9.59 Å². The summed E-state index contributed by atoms with van der Waals surface area (Å²) in [4.78, 5) is 25.0. The highest BCUT2D eigenvalue weighted by Gasteiger charge is 2.95. The van der Waals surface area contributed by atoms with Crippen molar-refractivity contribution in [3.05, 3.63) is 78.9 Å². The summed E-state index contributed by atoms with van der Waals surface area (Å²) in [6.45, 7) is 9.22. The largest absolute Gasteiger partial charge is 0.497 e. The maximum Gasteiger partial charge on any atom is 0.460 e. The second kappa shape index (κ2) is 21.7. The summed E-state index contributed by atoms with van der Waals surface area (Å²) in [6, 6.07) is 10.5. The van der Waals surface area contributed by atoms with Gasteiger partial charge in [0.05, 0.1) is 13.7 Å². The molecule has 26 heteroatoms. The van der Waals surface area contributed by atoms with E-state index in [-0.39, 0.29) is 12.4 Å². The van der Waals surface area contributed by atoms with Crippen molar-refractivity contribution in [1.29, 1.82) is 0 Å². The maximum absolute atomic E-state index is 15.0. The third-order valence-corrected chi connectivity index (χ3v) is 16.1. The molecule has 380 valence electrons. The Labute approximate surface area is 373 Å². The highest BCUT2D eigenvalue weighted by Crippen LogP contribution is 2.64. The molecule has 0 saturated heterocycles. The number of ether oxygens (including phenoxy) is 4. The Balaban J connectivity index is 2.30. The molecular formula is C41H46F17NO7Si. The number of halogens is 17. The third kappa shape index (κ3) is 12.3. The number of carbonyl (C=O) groups is 2. The minimum Gasteiger partial charge on any atom is -0.497 e. The summed E-state index contributed by atoms with van der Waals surface area (Å²) >= 11 is 0. The molecule has 8 nitrogen and oxygen atoms in total. The fourth-order valence-electron chi connectivity index (χ4n) is 6.44. The minimum atomic E-state index is -8.71. The van der Waals surface area contributed by atoms with Gasteiger partial charge >= 0.3 is 59.7 Å². The van der Waals surface area contributed by atoms with Crippen LogP contribution in [0.2, 0.25) is 17.1 Å². The lowest BCUT2D eigenvalue weighted by Gasteiger charge is -2.44. The normalized spacial score (nSPS) is 14.8. The fourth-order valence-corrected chi connectivity index (χ4v) is 10.9. The topological polar surface area (TPSA) is 92.3 Å². The number of hydrogen-bond donors (Lipinski definition) is 1. The van der Waals surface area contributed by atoms with Crippen LogP contribution in [0.1, 0.15) is 52.7 Å². The Kier molecular flexibility index (Phi) is 18.9. The van der Waals surface area contributed by atoms with Crippen molar-refractivity contribution in [3.8, 4) is 11.5 Å². The van der Waals surface area contributed by atoms with Crippen molar-refractivity contribution < 1.29 is 108 Å². The van der Waals surface area contributed by atoms with Crippen molar-refractivity contribution in [2.75, 3.05) is 32.2 Å². The summed E-state index contributed by atoms with van der Waals surface area (Å²) in [6.07, 6.45) is -8.54. The Hall–Kier alpha value is -4.75. The van der Waals surface area contributed by atoms with E-state index >= 15 is 8.78 Å². The number of esters is 1. The molecule has 2 atom stereocenters. The first kappa shape index (κ1) is 58.4. The first-order chi connectivity index (χ1) is 30.5. The predicted octanol–water partition coefficient (Wildman–Crippen LogP) is 13.5. The van der Waals surface area contributed by atoms with Crippen LogP contribution < -0.4 is 14.8 Å². The summed E-state index contributed by atoms with van der Waals surface area (Å²) in [5.41, 5.74) is -1.11. The van der Waals surface area contributed by atoms with Crippen LogP contribution in [0.15, 0.2) is 73.3 Å². The number of anilines is 1. The maximum atomic E-state index is 15.0. The Morgan fingerprint density at radius 3 is 1.61 bits per heavy atom. The average Bonchev–Trinajstić information content (AvgIpc) is 3.23. The van der Waals surface area contributed by atoms with E-state index in [4.69, 9.17) is 23.4 Å². The van der Waals surface area contributed by atoms with Crippen LogP contribution >= 0.6 is 0 Å². The number of alkyl halides is 17. The highest BCUT2D eigenvalue weighted by atomic mass is 28.4. The highest BCUT2D eigenvalue weighted by molar-refractivity contribution is 6.76. The number of methoxy groups -OCH3 is 1. The van der Waals surface area contributed by atoms with Gasteiger partial charge in [-0.15, -0.1) is 0 Å². The first-order valence-corrected chi connectivity index (χ1v) is 21.9. The molecule has 0 unspecified atom stereocenters. The number of amides is 1. The van der Waals surface area contributed by atoms with Crippen LogP contribution in [0, 0.1) is 5.92 Å². The molecule has 0 aliphatic heterocycles. The molecule has 1 amide bonds. The molecule has 0 heterocycles. The number of carbonyl (C=O) groups excluding carboxylic acids is 2. The van der Waals surface area contributed by atoms with Crippen molar-refractivity contribution in [1.82, 2.24) is 0 Å². The van der Waals surface area contributed by atoms with Crippen LogP contribution in [-0.2, 0) is 18.7 Å². The molecule has 2 aromatic carbocycles. The SMILES string of the molecule is C=CCOC(=O)/C=C/[C@H](C)[C@H](OC(=O)Nc1ccc(OC)cc1)c1ccc(OCCO[Si](CCC(F)(F)C(F)(F)C(F)(F)C(F)(F)C(F)(F)C(F)(F)C(F)(F)C(F)(F)F)(C(C)C)C(C)C)cc1. The number of nitrogens with one attached hydrogen (secondary N) is 1. The molecule has 0 aliphatic rings. The molecule has 0 fully saturated rings. The standard InChI is InChI=1S/C41H46F17NO7Si/c1-8-20-64-31(60)18-9-26(6)32(66-33(61)59-28-12-16-29(62-7)17-13-28)27-10-14-30(15-11-27)63-21-22-65-67(24(2)3,25(4)5)23-19-34(42,43)35(44,45)36(46,47)37(48,49)38(50,51)39(52,53)40(54,55)41(56,57)58/h8-18,24-26,32H,1,19-23H2,2-7H3,(H,59,61)/b18-9+/t26-,32-/m0/s1. The van der Waals surface area contributed by atoms with E-state index in [9.17, 15) is 75.4 Å². The molecule has 0 aromatic heterocycles. The lowest BCUT2D eigenvalue weighted by Crippen LogP contribution is -2.74. The Bertz CT molecular complexity index is 1970. The third-order valence-electron chi connectivity index (χ3n) is 10.4. The van der Waals surface area contributed by atoms with Crippen LogP contribution in [0.3, 0.4) is 0 Å². The summed E-state index contributed by atoms with van der Waals surface area (Å²) in [7, 11) is -2.59. The fraction of sp³-hybridized carbons (Fsp3) is 0.561. The van der Waals surface area contributed by atoms with Gasteiger partial charge in [0, 0.05) is 24.1 Å². The van der Waals surface area contributed by atoms with E-state index in [0.29, 0.717) is 17.0 Å². The van der Waals surface area contributed by atoms with Gasteiger partial charge in [0.1, 0.15) is 30.8 Å². The van der Waals surface area contributed by atoms with Crippen LogP contribution in [0.25, 0.3) is 0 Å². The second-order valence-electron chi connectivity index (χ2n) is 15.5. The molecule has 0 aliphatic carbocycles. The molecule has 0 saturated carbocycles. The zero-order valence-electron chi connectivity index (χ0n) is 36.2. The Morgan fingerprint density at radius 2 is 1.15 bits per heavy atom. The van der Waals surface area contributed by atoms with E-state index in [1.165, 1.54) is 83.4 Å². The molecular weight excluding hydrogens is 970 g/mol. The molecule has 0 bridgehead atoms. The van der Waals surface area contributed by atoms with E-state index in [1.807, 2.05) is 0 Å². The number of rotatable bonds is 25. The summed E-state index contributed by atoms with van der Waals surface area (Å²) < 4.78 is 263. The van der Waals surface area contributed by atoms with Crippen molar-refractivity contribution in [3.63, 3.8) is 0 Å². The van der Waals surface area contributed by atoms with Gasteiger partial charge in [0.15, 0.2) is 8.32 Å². The predicted molar refractivity (Wildman–Crippen MR) is 209 cm³/mol. The lowest BCUT2D eigenvalue weighted by atomic mass is 9.88. The molecule has 2 rings (SSSR count). The second-order valence-corrected chi connectivity index (χ2v) is 20.5. The molecule has 67 heavy (non-hydrogen) atoms. The monoisotopic (exact) mass is 1020 g/mol. The van der Waals surface area contributed by atoms with Gasteiger partial charge in [0.2, 0.25) is 0 Å². The first-order valence-electron chi connectivity index (χ1n) is 19.6. The van der Waals surface area contributed by atoms with Crippen molar-refractivity contribution in [2.24, 2.45) is 5.92 Å². The zero-order valence-corrected chi connectivity index (χ0v) is 37.2. The van der Waals surface area contributed by atoms with Crippen LogP contribution in [0.5, 0.6) is 11.5 Å². The van der Waals surface area contributed by atoms with E-state index in [1.54, 1.807) is 19.1 Å². The van der Waals surface area contributed by atoms with Crippen molar-refractivity contribution in [2.45, 2.75) is 112 Å². The van der Waals surface area contributed by atoms with Gasteiger partial charge in [-0.3, -0.25) is 5.32 Å². The van der Waals surface area contributed by atoms with Gasteiger partial charge in [-0.1, -0.05) is 65.5 Å². The zero-order chi connectivity index (χ0) is 51.8. The van der Waals surface area contributed by atoms with Gasteiger partial charge in [0.25, 0.3) is 0 Å². The van der Waals surface area contributed by atoms with Gasteiger partial charge < -0.3 is 23.4 Å². The van der Waals surface area contributed by atoms with Crippen LogP contribution in [-0.4, -0.2) is 94.9 Å². The van der Waals surface area contributed by atoms with Crippen LogP contribution in [0.4, 0.5) is 85.1 Å². The van der Waals surface area contributed by atoms with E-state index in [0.717, 1.165) is 6.08 Å².